The van der Waals surface area contributed by atoms with Gasteiger partial charge < -0.3 is 9.80 Å². The third-order valence-corrected chi connectivity index (χ3v) is 4.79. The van der Waals surface area contributed by atoms with Crippen molar-refractivity contribution in [2.45, 2.75) is 24.9 Å². The van der Waals surface area contributed by atoms with Crippen LogP contribution in [0.3, 0.4) is 0 Å². The minimum absolute atomic E-state index is 0.221. The predicted octanol–water partition coefficient (Wildman–Crippen LogP) is 0.766. The molecule has 1 saturated carbocycles. The van der Waals surface area contributed by atoms with Crippen LogP contribution >= 0.6 is 0 Å². The van der Waals surface area contributed by atoms with Crippen molar-refractivity contribution in [3.63, 3.8) is 0 Å². The van der Waals surface area contributed by atoms with E-state index >= 15 is 0 Å². The Balaban J connectivity index is 1.44. The SMILES string of the molecule is N#CC1(N2CCN(Cc3ccc(-c4cccnc4)nn3)C(=O)C2=O)CC1. The van der Waals surface area contributed by atoms with Gasteiger partial charge in [-0.15, -0.1) is 0 Å². The fraction of sp³-hybridized carbons (Fsp3) is 0.333. The Morgan fingerprint density at radius 3 is 2.58 bits per heavy atom. The third kappa shape index (κ3) is 2.77. The maximum absolute atomic E-state index is 12.4. The van der Waals surface area contributed by atoms with Crippen LogP contribution in [0.4, 0.5) is 0 Å². The van der Waals surface area contributed by atoms with Crippen molar-refractivity contribution in [3.8, 4) is 17.3 Å². The maximum Gasteiger partial charge on any atom is 0.313 e. The Kier molecular flexibility index (Phi) is 3.84. The van der Waals surface area contributed by atoms with Crippen LogP contribution in [0.1, 0.15) is 18.5 Å². The Labute approximate surface area is 150 Å². The van der Waals surface area contributed by atoms with Gasteiger partial charge in [0.15, 0.2) is 0 Å². The zero-order valence-corrected chi connectivity index (χ0v) is 14.0. The summed E-state index contributed by atoms with van der Waals surface area (Å²) in [5.41, 5.74) is 1.40. The third-order valence-electron chi connectivity index (χ3n) is 4.79. The number of nitriles is 1. The summed E-state index contributed by atoms with van der Waals surface area (Å²) in [6.45, 7) is 0.984. The molecule has 3 heterocycles. The normalized spacial score (nSPS) is 18.6. The molecule has 1 aliphatic heterocycles. The van der Waals surface area contributed by atoms with E-state index in [1.54, 1.807) is 18.5 Å². The average molecular weight is 348 g/mol. The molecule has 2 aliphatic rings. The van der Waals surface area contributed by atoms with Crippen LogP contribution in [-0.4, -0.2) is 55.4 Å². The molecule has 2 aromatic rings. The first-order valence-electron chi connectivity index (χ1n) is 8.38. The Bertz CT molecular complexity index is 886. The first-order valence-corrected chi connectivity index (χ1v) is 8.38. The van der Waals surface area contributed by atoms with Gasteiger partial charge in [0.25, 0.3) is 0 Å². The lowest BCUT2D eigenvalue weighted by molar-refractivity contribution is -0.158. The number of carbonyl (C=O) groups is 2. The number of carbonyl (C=O) groups excluding carboxylic acids is 2. The van der Waals surface area contributed by atoms with E-state index in [9.17, 15) is 14.9 Å². The second kappa shape index (κ2) is 6.19. The molecule has 4 rings (SSSR count). The van der Waals surface area contributed by atoms with Crippen molar-refractivity contribution < 1.29 is 9.59 Å². The van der Waals surface area contributed by atoms with E-state index in [0.717, 1.165) is 5.56 Å². The molecule has 0 spiro atoms. The Morgan fingerprint density at radius 1 is 1.12 bits per heavy atom. The van der Waals surface area contributed by atoms with Crippen LogP contribution in [0.25, 0.3) is 11.3 Å². The number of aromatic nitrogens is 3. The van der Waals surface area contributed by atoms with Crippen LogP contribution in [0, 0.1) is 11.3 Å². The molecule has 0 bridgehead atoms. The highest BCUT2D eigenvalue weighted by molar-refractivity contribution is 6.35. The number of pyridine rings is 1. The number of rotatable bonds is 4. The van der Waals surface area contributed by atoms with Gasteiger partial charge in [-0.05, 0) is 37.1 Å². The summed E-state index contributed by atoms with van der Waals surface area (Å²) in [4.78, 5) is 31.7. The summed E-state index contributed by atoms with van der Waals surface area (Å²) in [6, 6.07) is 9.48. The van der Waals surface area contributed by atoms with Crippen molar-refractivity contribution in [3.05, 3.63) is 42.4 Å². The molecular weight excluding hydrogens is 332 g/mol. The lowest BCUT2D eigenvalue weighted by Gasteiger charge is -2.36. The molecule has 130 valence electrons. The molecule has 2 amide bonds. The zero-order valence-electron chi connectivity index (χ0n) is 14.0. The fourth-order valence-corrected chi connectivity index (χ4v) is 3.10. The summed E-state index contributed by atoms with van der Waals surface area (Å²) in [5, 5.41) is 17.6. The van der Waals surface area contributed by atoms with E-state index in [0.29, 0.717) is 37.3 Å². The van der Waals surface area contributed by atoms with E-state index in [2.05, 4.69) is 21.3 Å². The summed E-state index contributed by atoms with van der Waals surface area (Å²) in [5.74, 6) is -1.19. The molecular formula is C18H16N6O2. The lowest BCUT2D eigenvalue weighted by atomic mass is 10.1. The van der Waals surface area contributed by atoms with Gasteiger partial charge in [0.05, 0.1) is 24.0 Å². The largest absolute Gasteiger partial charge is 0.327 e. The molecule has 0 aromatic carbocycles. The number of amides is 2. The van der Waals surface area contributed by atoms with Crippen LogP contribution in [-0.2, 0) is 16.1 Å². The van der Waals surface area contributed by atoms with Gasteiger partial charge in [0.1, 0.15) is 5.54 Å². The molecule has 8 nitrogen and oxygen atoms in total. The van der Waals surface area contributed by atoms with Crippen LogP contribution in [0.5, 0.6) is 0 Å². The Morgan fingerprint density at radius 2 is 1.96 bits per heavy atom. The van der Waals surface area contributed by atoms with Crippen LogP contribution < -0.4 is 0 Å². The second-order valence-corrected chi connectivity index (χ2v) is 6.48. The van der Waals surface area contributed by atoms with E-state index in [4.69, 9.17) is 0 Å². The van der Waals surface area contributed by atoms with E-state index in [1.807, 2.05) is 18.2 Å². The number of hydrogen-bond acceptors (Lipinski definition) is 6. The molecule has 1 saturated heterocycles. The highest BCUT2D eigenvalue weighted by Gasteiger charge is 2.54. The molecule has 2 fully saturated rings. The summed E-state index contributed by atoms with van der Waals surface area (Å²) < 4.78 is 0. The van der Waals surface area contributed by atoms with Crippen molar-refractivity contribution in [2.75, 3.05) is 13.1 Å². The topological polar surface area (TPSA) is 103 Å². The monoisotopic (exact) mass is 348 g/mol. The molecule has 26 heavy (non-hydrogen) atoms. The zero-order chi connectivity index (χ0) is 18.1. The Hall–Kier alpha value is -3.34. The van der Waals surface area contributed by atoms with E-state index in [-0.39, 0.29) is 6.54 Å². The van der Waals surface area contributed by atoms with Gasteiger partial charge in [0, 0.05) is 31.0 Å². The van der Waals surface area contributed by atoms with Crippen molar-refractivity contribution >= 4 is 11.8 Å². The van der Waals surface area contributed by atoms with Gasteiger partial charge in [0.2, 0.25) is 0 Å². The highest BCUT2D eigenvalue weighted by Crippen LogP contribution is 2.41. The molecule has 2 aromatic heterocycles. The first kappa shape index (κ1) is 16.1. The van der Waals surface area contributed by atoms with Gasteiger partial charge >= 0.3 is 11.8 Å². The minimum Gasteiger partial charge on any atom is -0.327 e. The molecule has 0 unspecified atom stereocenters. The van der Waals surface area contributed by atoms with Crippen LogP contribution in [0.15, 0.2) is 36.7 Å². The highest BCUT2D eigenvalue weighted by atomic mass is 16.2. The van der Waals surface area contributed by atoms with E-state index in [1.165, 1.54) is 9.80 Å². The van der Waals surface area contributed by atoms with E-state index < -0.39 is 17.4 Å². The average Bonchev–Trinajstić information content (AvgIpc) is 3.48. The van der Waals surface area contributed by atoms with Crippen molar-refractivity contribution in [1.29, 1.82) is 5.26 Å². The molecule has 1 aliphatic carbocycles. The standard InChI is InChI=1S/C18H16N6O2/c19-12-18(5-6-18)24-9-8-23(16(25)17(24)26)11-14-3-4-15(22-21-14)13-2-1-7-20-10-13/h1-4,7,10H,5-6,8-9,11H2. The van der Waals surface area contributed by atoms with Gasteiger partial charge in [-0.2, -0.15) is 15.5 Å². The maximum atomic E-state index is 12.4. The summed E-state index contributed by atoms with van der Waals surface area (Å²) >= 11 is 0. The van der Waals surface area contributed by atoms with Gasteiger partial charge in [-0.25, -0.2) is 0 Å². The first-order chi connectivity index (χ1) is 12.6. The smallest absolute Gasteiger partial charge is 0.313 e. The summed E-state index contributed by atoms with van der Waals surface area (Å²) in [7, 11) is 0. The molecule has 0 radical (unpaired) electrons. The lowest BCUT2D eigenvalue weighted by Crippen LogP contribution is -2.57. The molecule has 8 heteroatoms. The summed E-state index contributed by atoms with van der Waals surface area (Å²) in [6.07, 6.45) is 4.67. The molecule has 0 N–H and O–H groups in total. The minimum atomic E-state index is -0.760. The van der Waals surface area contributed by atoms with Crippen molar-refractivity contribution in [2.24, 2.45) is 0 Å². The van der Waals surface area contributed by atoms with Gasteiger partial charge in [-0.3, -0.25) is 14.6 Å². The molecule has 0 atom stereocenters. The predicted molar refractivity (Wildman–Crippen MR) is 90.0 cm³/mol. The fourth-order valence-electron chi connectivity index (χ4n) is 3.10. The van der Waals surface area contributed by atoms with Crippen LogP contribution in [0.2, 0.25) is 0 Å². The quantitative estimate of drug-likeness (QED) is 0.756. The van der Waals surface area contributed by atoms with Gasteiger partial charge in [-0.1, -0.05) is 0 Å². The number of hydrogen-bond donors (Lipinski definition) is 0. The second-order valence-electron chi connectivity index (χ2n) is 6.48. The number of nitrogens with zero attached hydrogens (tertiary/aromatic N) is 6. The van der Waals surface area contributed by atoms with Crippen molar-refractivity contribution in [1.82, 2.24) is 25.0 Å². The number of piperazine rings is 1.